The minimum Gasteiger partial charge on any atom is -0.481 e. The molecule has 1 atom stereocenters. The highest BCUT2D eigenvalue weighted by molar-refractivity contribution is 5.76. The summed E-state index contributed by atoms with van der Waals surface area (Å²) >= 11 is 0. The quantitative estimate of drug-likeness (QED) is 0.773. The number of carboxylic acids is 1. The minimum atomic E-state index is -0.932. The third-order valence-electron chi connectivity index (χ3n) is 2.88. The van der Waals surface area contributed by atoms with Gasteiger partial charge in [0, 0.05) is 19.2 Å². The molecule has 0 saturated heterocycles. The average molecular weight is 222 g/mol. The molecule has 0 fully saturated rings. The Kier molecular flexibility index (Phi) is 3.52. The lowest BCUT2D eigenvalue weighted by Gasteiger charge is -2.19. The summed E-state index contributed by atoms with van der Waals surface area (Å²) in [6, 6.07) is 1.95. The van der Waals surface area contributed by atoms with E-state index < -0.39 is 11.4 Å². The van der Waals surface area contributed by atoms with Gasteiger partial charge in [-0.3, -0.25) is 9.48 Å². The molecular formula is C12H18N2O2. The van der Waals surface area contributed by atoms with Crippen LogP contribution in [0.2, 0.25) is 0 Å². The number of carbonyl (C=O) groups is 1. The van der Waals surface area contributed by atoms with Crippen LogP contribution in [0.15, 0.2) is 18.7 Å². The van der Waals surface area contributed by atoms with Gasteiger partial charge < -0.3 is 5.11 Å². The van der Waals surface area contributed by atoms with Gasteiger partial charge in [0.1, 0.15) is 0 Å². The van der Waals surface area contributed by atoms with Crippen molar-refractivity contribution in [1.82, 2.24) is 9.78 Å². The highest BCUT2D eigenvalue weighted by Crippen LogP contribution is 2.24. The zero-order valence-corrected chi connectivity index (χ0v) is 10.0. The smallest absolute Gasteiger partial charge is 0.313 e. The molecule has 0 aliphatic heterocycles. The summed E-state index contributed by atoms with van der Waals surface area (Å²) in [4.78, 5) is 11.1. The number of aromatic nitrogens is 2. The Labute approximate surface area is 95.6 Å². The highest BCUT2D eigenvalue weighted by Gasteiger charge is 2.31. The lowest BCUT2D eigenvalue weighted by atomic mass is 9.85. The van der Waals surface area contributed by atoms with Gasteiger partial charge >= 0.3 is 5.97 Å². The maximum Gasteiger partial charge on any atom is 0.313 e. The zero-order chi connectivity index (χ0) is 12.3. The molecule has 1 aromatic heterocycles. The van der Waals surface area contributed by atoms with Gasteiger partial charge in [0.05, 0.1) is 11.1 Å². The fourth-order valence-corrected chi connectivity index (χ4v) is 1.52. The molecule has 4 nitrogen and oxygen atoms in total. The first-order valence-electron chi connectivity index (χ1n) is 5.31. The van der Waals surface area contributed by atoms with Crippen LogP contribution in [0.3, 0.4) is 0 Å². The Morgan fingerprint density at radius 2 is 2.38 bits per heavy atom. The highest BCUT2D eigenvalue weighted by atomic mass is 16.4. The molecule has 0 bridgehead atoms. The molecule has 16 heavy (non-hydrogen) atoms. The predicted molar refractivity (Wildman–Crippen MR) is 62.2 cm³/mol. The zero-order valence-electron chi connectivity index (χ0n) is 10.0. The summed E-state index contributed by atoms with van der Waals surface area (Å²) in [5.74, 6) is -0.859. The van der Waals surface area contributed by atoms with Gasteiger partial charge in [-0.1, -0.05) is 13.0 Å². The van der Waals surface area contributed by atoms with E-state index >= 15 is 0 Å². The number of nitrogens with zero attached hydrogens (tertiary/aromatic N) is 2. The van der Waals surface area contributed by atoms with E-state index in [2.05, 4.69) is 11.7 Å². The second-order valence-electron chi connectivity index (χ2n) is 4.21. The number of carboxylic acid groups (broad SMARTS) is 1. The summed E-state index contributed by atoms with van der Waals surface area (Å²) in [6.07, 6.45) is 2.75. The molecule has 1 heterocycles. The SMILES string of the molecule is C=CC(C)(Cc1cc(CC)nn1C)C(=O)O. The van der Waals surface area contributed by atoms with E-state index in [9.17, 15) is 4.79 Å². The van der Waals surface area contributed by atoms with Crippen LogP contribution in [0.5, 0.6) is 0 Å². The van der Waals surface area contributed by atoms with Crippen molar-refractivity contribution in [3.63, 3.8) is 0 Å². The van der Waals surface area contributed by atoms with Crippen molar-refractivity contribution in [1.29, 1.82) is 0 Å². The van der Waals surface area contributed by atoms with E-state index in [-0.39, 0.29) is 0 Å². The summed E-state index contributed by atoms with van der Waals surface area (Å²) in [5.41, 5.74) is 0.967. The van der Waals surface area contributed by atoms with Crippen molar-refractivity contribution in [3.8, 4) is 0 Å². The van der Waals surface area contributed by atoms with Crippen molar-refractivity contribution >= 4 is 5.97 Å². The fraction of sp³-hybridized carbons (Fsp3) is 0.500. The van der Waals surface area contributed by atoms with Crippen molar-refractivity contribution in [2.75, 3.05) is 0 Å². The first-order valence-corrected chi connectivity index (χ1v) is 5.31. The van der Waals surface area contributed by atoms with E-state index in [0.717, 1.165) is 17.8 Å². The molecule has 88 valence electrons. The molecule has 0 amide bonds. The van der Waals surface area contributed by atoms with Crippen LogP contribution in [0.1, 0.15) is 25.2 Å². The molecule has 1 N–H and O–H groups in total. The standard InChI is InChI=1S/C12H18N2O2/c1-5-9-7-10(14(4)13-9)8-12(3,6-2)11(15)16/h6-7H,2,5,8H2,1,3-4H3,(H,15,16). The van der Waals surface area contributed by atoms with E-state index in [0.29, 0.717) is 6.42 Å². The summed E-state index contributed by atoms with van der Waals surface area (Å²) in [7, 11) is 1.83. The maximum atomic E-state index is 11.1. The van der Waals surface area contributed by atoms with Gasteiger partial charge in [-0.05, 0) is 19.4 Å². The van der Waals surface area contributed by atoms with Crippen LogP contribution in [0.4, 0.5) is 0 Å². The lowest BCUT2D eigenvalue weighted by Crippen LogP contribution is -2.28. The van der Waals surface area contributed by atoms with Gasteiger partial charge in [0.25, 0.3) is 0 Å². The monoisotopic (exact) mass is 222 g/mol. The Balaban J connectivity index is 2.98. The van der Waals surface area contributed by atoms with Gasteiger partial charge in [0.15, 0.2) is 0 Å². The minimum absolute atomic E-state index is 0.412. The average Bonchev–Trinajstić information content (AvgIpc) is 2.59. The van der Waals surface area contributed by atoms with Gasteiger partial charge in [-0.25, -0.2) is 0 Å². The van der Waals surface area contributed by atoms with Crippen LogP contribution in [0.25, 0.3) is 0 Å². The largest absolute Gasteiger partial charge is 0.481 e. The maximum absolute atomic E-state index is 11.1. The Morgan fingerprint density at radius 1 is 1.75 bits per heavy atom. The Hall–Kier alpha value is -1.58. The fourth-order valence-electron chi connectivity index (χ4n) is 1.52. The Morgan fingerprint density at radius 3 is 2.75 bits per heavy atom. The summed E-state index contributed by atoms with van der Waals surface area (Å²) in [6.45, 7) is 7.29. The molecule has 0 radical (unpaired) electrons. The number of hydrogen-bond acceptors (Lipinski definition) is 2. The number of hydrogen-bond donors (Lipinski definition) is 1. The number of aliphatic carboxylic acids is 1. The molecular weight excluding hydrogens is 204 g/mol. The topological polar surface area (TPSA) is 55.1 Å². The third-order valence-corrected chi connectivity index (χ3v) is 2.88. The third kappa shape index (κ3) is 2.32. The molecule has 1 rings (SSSR count). The van der Waals surface area contributed by atoms with Gasteiger partial charge in [0.2, 0.25) is 0 Å². The van der Waals surface area contributed by atoms with Crippen molar-refractivity contribution in [3.05, 3.63) is 30.1 Å². The van der Waals surface area contributed by atoms with Crippen LogP contribution >= 0.6 is 0 Å². The first-order chi connectivity index (χ1) is 7.42. The molecule has 1 unspecified atom stereocenters. The van der Waals surface area contributed by atoms with E-state index in [1.807, 2.05) is 20.0 Å². The van der Waals surface area contributed by atoms with E-state index in [1.54, 1.807) is 11.6 Å². The molecule has 1 aromatic rings. The van der Waals surface area contributed by atoms with E-state index in [4.69, 9.17) is 5.11 Å². The molecule has 0 aliphatic carbocycles. The lowest BCUT2D eigenvalue weighted by molar-refractivity contribution is -0.145. The summed E-state index contributed by atoms with van der Waals surface area (Å²) in [5, 5.41) is 13.4. The molecule has 0 spiro atoms. The van der Waals surface area contributed by atoms with E-state index in [1.165, 1.54) is 6.08 Å². The molecule has 0 aromatic carbocycles. The van der Waals surface area contributed by atoms with Gasteiger partial charge in [-0.2, -0.15) is 5.10 Å². The van der Waals surface area contributed by atoms with Crippen molar-refractivity contribution in [2.45, 2.75) is 26.7 Å². The summed E-state index contributed by atoms with van der Waals surface area (Å²) < 4.78 is 1.74. The second-order valence-corrected chi connectivity index (χ2v) is 4.21. The van der Waals surface area contributed by atoms with Crippen LogP contribution in [-0.2, 0) is 24.7 Å². The number of aryl methyl sites for hydroxylation is 2. The van der Waals surface area contributed by atoms with Crippen molar-refractivity contribution in [2.24, 2.45) is 12.5 Å². The van der Waals surface area contributed by atoms with Crippen LogP contribution < -0.4 is 0 Å². The van der Waals surface area contributed by atoms with Crippen molar-refractivity contribution < 1.29 is 9.90 Å². The molecule has 0 saturated carbocycles. The second kappa shape index (κ2) is 4.51. The van der Waals surface area contributed by atoms with Crippen LogP contribution in [-0.4, -0.2) is 20.9 Å². The normalized spacial score (nSPS) is 14.4. The Bertz CT molecular complexity index is 409. The molecule has 0 aliphatic rings. The molecule has 4 heteroatoms. The predicted octanol–water partition coefficient (Wildman–Crippen LogP) is 1.80. The van der Waals surface area contributed by atoms with Crippen LogP contribution in [0, 0.1) is 5.41 Å². The van der Waals surface area contributed by atoms with Gasteiger partial charge in [-0.15, -0.1) is 6.58 Å². The first kappa shape index (κ1) is 12.5. The number of rotatable bonds is 5.